The monoisotopic (exact) mass is 456 g/mol. The summed E-state index contributed by atoms with van der Waals surface area (Å²) in [5.74, 6) is -0.377. The van der Waals surface area contributed by atoms with Crippen molar-refractivity contribution in [1.82, 2.24) is 20.0 Å². The van der Waals surface area contributed by atoms with E-state index in [9.17, 15) is 9.18 Å². The summed E-state index contributed by atoms with van der Waals surface area (Å²) in [5.41, 5.74) is 5.92. The van der Waals surface area contributed by atoms with Crippen LogP contribution in [-0.4, -0.2) is 27.3 Å². The van der Waals surface area contributed by atoms with E-state index in [0.29, 0.717) is 24.7 Å². The molecule has 2 heterocycles. The van der Waals surface area contributed by atoms with Crippen LogP contribution in [0.25, 0.3) is 0 Å². The molecule has 8 heteroatoms. The molecule has 0 saturated heterocycles. The molecule has 0 atom stereocenters. The molecule has 168 valence electrons. The van der Waals surface area contributed by atoms with Crippen molar-refractivity contribution < 1.29 is 13.9 Å². The Labute approximate surface area is 191 Å². The molecule has 0 fully saturated rings. The largest absolute Gasteiger partial charge is 0.370 e. The molecule has 0 bridgehead atoms. The standard InChI is InChI=1S/C24H26ClFN4O2/c1-16-3-5-17(6-4-16)12-27-24(31)30-10-9-23-20(13-30)22(28-29(23)2)15-32-14-18-7-8-19(26)11-21(18)25/h3-8,11H,9-10,12-15H2,1-2H3,(H,27,31). The fourth-order valence-electron chi connectivity index (χ4n) is 3.85. The predicted octanol–water partition coefficient (Wildman–Crippen LogP) is 4.51. The molecule has 0 unspecified atom stereocenters. The summed E-state index contributed by atoms with van der Waals surface area (Å²) in [7, 11) is 1.91. The number of carbonyl (C=O) groups is 1. The minimum atomic E-state index is -0.377. The number of hydrogen-bond acceptors (Lipinski definition) is 3. The van der Waals surface area contributed by atoms with Crippen LogP contribution in [0.1, 0.15) is 33.6 Å². The molecule has 3 aromatic rings. The number of halogens is 2. The van der Waals surface area contributed by atoms with Crippen LogP contribution in [0.4, 0.5) is 9.18 Å². The number of ether oxygens (including phenoxy) is 1. The number of nitrogens with one attached hydrogen (secondary N) is 1. The van der Waals surface area contributed by atoms with Crippen LogP contribution in [0.2, 0.25) is 5.02 Å². The van der Waals surface area contributed by atoms with E-state index in [4.69, 9.17) is 16.3 Å². The van der Waals surface area contributed by atoms with Gasteiger partial charge in [0.1, 0.15) is 5.82 Å². The fraction of sp³-hybridized carbons (Fsp3) is 0.333. The van der Waals surface area contributed by atoms with Crippen molar-refractivity contribution in [3.63, 3.8) is 0 Å². The van der Waals surface area contributed by atoms with Gasteiger partial charge in [0, 0.05) is 42.8 Å². The quantitative estimate of drug-likeness (QED) is 0.594. The van der Waals surface area contributed by atoms with E-state index in [1.165, 1.54) is 17.7 Å². The summed E-state index contributed by atoms with van der Waals surface area (Å²) < 4.78 is 20.9. The van der Waals surface area contributed by atoms with Gasteiger partial charge in [0.05, 0.1) is 25.5 Å². The number of aryl methyl sites for hydroxylation is 2. The van der Waals surface area contributed by atoms with Gasteiger partial charge >= 0.3 is 6.03 Å². The molecule has 0 radical (unpaired) electrons. The van der Waals surface area contributed by atoms with E-state index in [-0.39, 0.29) is 25.1 Å². The lowest BCUT2D eigenvalue weighted by Gasteiger charge is -2.28. The van der Waals surface area contributed by atoms with Crippen LogP contribution in [0.5, 0.6) is 0 Å². The van der Waals surface area contributed by atoms with Gasteiger partial charge in [0.25, 0.3) is 0 Å². The van der Waals surface area contributed by atoms with E-state index in [1.54, 1.807) is 11.0 Å². The zero-order chi connectivity index (χ0) is 22.7. The van der Waals surface area contributed by atoms with Gasteiger partial charge in [0.2, 0.25) is 0 Å². The Morgan fingerprint density at radius 3 is 2.75 bits per heavy atom. The Morgan fingerprint density at radius 1 is 1.22 bits per heavy atom. The van der Waals surface area contributed by atoms with Gasteiger partial charge in [0.15, 0.2) is 0 Å². The summed E-state index contributed by atoms with van der Waals surface area (Å²) in [4.78, 5) is 14.5. The molecule has 32 heavy (non-hydrogen) atoms. The van der Waals surface area contributed by atoms with E-state index in [2.05, 4.69) is 10.4 Å². The highest BCUT2D eigenvalue weighted by Gasteiger charge is 2.26. The average Bonchev–Trinajstić information content (AvgIpc) is 3.09. The number of carbonyl (C=O) groups excluding carboxylic acids is 1. The van der Waals surface area contributed by atoms with Gasteiger partial charge in [-0.05, 0) is 30.2 Å². The van der Waals surface area contributed by atoms with Crippen molar-refractivity contribution in [2.75, 3.05) is 6.54 Å². The lowest BCUT2D eigenvalue weighted by molar-refractivity contribution is 0.103. The summed E-state index contributed by atoms with van der Waals surface area (Å²) in [6, 6.07) is 12.3. The fourth-order valence-corrected chi connectivity index (χ4v) is 4.07. The summed E-state index contributed by atoms with van der Waals surface area (Å²) in [6.45, 7) is 4.19. The molecule has 2 amide bonds. The second kappa shape index (κ2) is 9.71. The van der Waals surface area contributed by atoms with Crippen molar-refractivity contribution in [3.8, 4) is 0 Å². The maximum Gasteiger partial charge on any atom is 0.317 e. The van der Waals surface area contributed by atoms with Crippen LogP contribution >= 0.6 is 11.6 Å². The normalized spacial score (nSPS) is 13.2. The van der Waals surface area contributed by atoms with Crippen LogP contribution in [-0.2, 0) is 44.5 Å². The highest BCUT2D eigenvalue weighted by Crippen LogP contribution is 2.24. The van der Waals surface area contributed by atoms with Crippen molar-refractivity contribution in [2.45, 2.75) is 39.6 Å². The number of amides is 2. The molecule has 6 nitrogen and oxygen atoms in total. The van der Waals surface area contributed by atoms with Gasteiger partial charge in [-0.15, -0.1) is 0 Å². The molecule has 2 aromatic carbocycles. The van der Waals surface area contributed by atoms with Crippen LogP contribution in [0, 0.1) is 12.7 Å². The molecule has 0 aliphatic carbocycles. The Bertz CT molecular complexity index is 1110. The minimum Gasteiger partial charge on any atom is -0.370 e. The van der Waals surface area contributed by atoms with Gasteiger partial charge in [-0.1, -0.05) is 47.5 Å². The zero-order valence-electron chi connectivity index (χ0n) is 18.2. The Morgan fingerprint density at radius 2 is 2.00 bits per heavy atom. The smallest absolute Gasteiger partial charge is 0.317 e. The van der Waals surface area contributed by atoms with Gasteiger partial charge in [-0.25, -0.2) is 9.18 Å². The number of aromatic nitrogens is 2. The van der Waals surface area contributed by atoms with Crippen LogP contribution in [0.15, 0.2) is 42.5 Å². The van der Waals surface area contributed by atoms with Gasteiger partial charge in [-0.3, -0.25) is 4.68 Å². The number of nitrogens with zero attached hydrogens (tertiary/aromatic N) is 3. The van der Waals surface area contributed by atoms with Crippen molar-refractivity contribution in [2.24, 2.45) is 7.05 Å². The first-order valence-corrected chi connectivity index (χ1v) is 10.9. The number of urea groups is 1. The maximum absolute atomic E-state index is 13.2. The Hall–Kier alpha value is -2.90. The number of rotatable bonds is 6. The predicted molar refractivity (Wildman–Crippen MR) is 121 cm³/mol. The van der Waals surface area contributed by atoms with Crippen LogP contribution in [0.3, 0.4) is 0 Å². The lowest BCUT2D eigenvalue weighted by atomic mass is 10.1. The van der Waals surface area contributed by atoms with E-state index >= 15 is 0 Å². The zero-order valence-corrected chi connectivity index (χ0v) is 19.0. The Kier molecular flexibility index (Phi) is 6.77. The SMILES string of the molecule is Cc1ccc(CNC(=O)N2CCc3c(c(COCc4ccc(F)cc4Cl)nn3C)C2)cc1. The highest BCUT2D eigenvalue weighted by molar-refractivity contribution is 6.31. The molecule has 1 aliphatic rings. The third-order valence-electron chi connectivity index (χ3n) is 5.69. The average molecular weight is 457 g/mol. The maximum atomic E-state index is 13.2. The second-order valence-electron chi connectivity index (χ2n) is 8.04. The van der Waals surface area contributed by atoms with Crippen molar-refractivity contribution in [3.05, 3.63) is 86.9 Å². The first-order valence-electron chi connectivity index (χ1n) is 10.5. The first kappa shape index (κ1) is 22.3. The minimum absolute atomic E-state index is 0.0926. The van der Waals surface area contributed by atoms with E-state index in [1.807, 2.05) is 42.9 Å². The molecule has 1 N–H and O–H groups in total. The molecular weight excluding hydrogens is 431 g/mol. The molecule has 1 aliphatic heterocycles. The molecule has 1 aromatic heterocycles. The topological polar surface area (TPSA) is 59.4 Å². The van der Waals surface area contributed by atoms with Crippen molar-refractivity contribution >= 4 is 17.6 Å². The second-order valence-corrected chi connectivity index (χ2v) is 8.45. The van der Waals surface area contributed by atoms with Crippen molar-refractivity contribution in [1.29, 1.82) is 0 Å². The summed E-state index contributed by atoms with van der Waals surface area (Å²) in [6.07, 6.45) is 0.737. The number of benzene rings is 2. The lowest BCUT2D eigenvalue weighted by Crippen LogP contribution is -2.42. The Balaban J connectivity index is 1.36. The number of fused-ring (bicyclic) bond motifs is 1. The first-order chi connectivity index (χ1) is 15.4. The van der Waals surface area contributed by atoms with Crippen LogP contribution < -0.4 is 5.32 Å². The third-order valence-corrected chi connectivity index (χ3v) is 6.04. The molecule has 0 spiro atoms. The van der Waals surface area contributed by atoms with E-state index < -0.39 is 0 Å². The molecular formula is C24H26ClFN4O2. The molecule has 0 saturated carbocycles. The highest BCUT2D eigenvalue weighted by atomic mass is 35.5. The number of hydrogen-bond donors (Lipinski definition) is 1. The molecule has 4 rings (SSSR count). The summed E-state index contributed by atoms with van der Waals surface area (Å²) >= 11 is 6.08. The van der Waals surface area contributed by atoms with E-state index in [0.717, 1.165) is 34.5 Å². The van der Waals surface area contributed by atoms with Gasteiger partial charge in [-0.2, -0.15) is 5.10 Å². The summed E-state index contributed by atoms with van der Waals surface area (Å²) in [5, 5.41) is 7.94. The third kappa shape index (κ3) is 5.11. The van der Waals surface area contributed by atoms with Gasteiger partial charge < -0.3 is 15.0 Å².